The lowest BCUT2D eigenvalue weighted by Crippen LogP contribution is -2.67. The molecule has 36 heavy (non-hydrogen) atoms. The van der Waals surface area contributed by atoms with Gasteiger partial charge < -0.3 is 20.7 Å². The number of unbranched alkanes of at least 4 members (excludes halogenated alkanes) is 1. The van der Waals surface area contributed by atoms with Crippen molar-refractivity contribution in [2.75, 3.05) is 12.4 Å². The minimum absolute atomic E-state index is 0.0651. The summed E-state index contributed by atoms with van der Waals surface area (Å²) in [7, 11) is -4.18. The molecule has 0 aliphatic carbocycles. The quantitative estimate of drug-likeness (QED) is 0.109. The Morgan fingerprint density at radius 2 is 1.50 bits per heavy atom. The van der Waals surface area contributed by atoms with Gasteiger partial charge in [0, 0.05) is 0 Å². The lowest BCUT2D eigenvalue weighted by atomic mass is 9.97. The van der Waals surface area contributed by atoms with Gasteiger partial charge in [-0.25, -0.2) is 24.1 Å². The van der Waals surface area contributed by atoms with Crippen LogP contribution >= 0.6 is 0 Å². The Bertz CT molecular complexity index is 1060. The van der Waals surface area contributed by atoms with E-state index in [1.54, 1.807) is 51.1 Å². The third kappa shape index (κ3) is 8.86. The van der Waals surface area contributed by atoms with Crippen molar-refractivity contribution in [1.82, 2.24) is 5.01 Å². The zero-order chi connectivity index (χ0) is 27.0. The molecule has 0 aromatic heterocycles. The average Bonchev–Trinajstić information content (AvgIpc) is 2.81. The Hall–Kier alpha value is -2.50. The van der Waals surface area contributed by atoms with Gasteiger partial charge in [-0.1, -0.05) is 81.4 Å². The molecular weight excluding hydrogens is 482 g/mol. The van der Waals surface area contributed by atoms with E-state index in [2.05, 4.69) is 0 Å². The van der Waals surface area contributed by atoms with Crippen molar-refractivity contribution in [1.29, 1.82) is 0 Å². The number of amides is 1. The highest BCUT2D eigenvalue weighted by molar-refractivity contribution is 7.92. The first-order valence-electron chi connectivity index (χ1n) is 11.9. The summed E-state index contributed by atoms with van der Waals surface area (Å²) in [6.07, 6.45) is 0.990. The first kappa shape index (κ1) is 29.7. The van der Waals surface area contributed by atoms with E-state index in [9.17, 15) is 23.4 Å². The summed E-state index contributed by atoms with van der Waals surface area (Å²) in [5.41, 5.74) is 6.99. The fraction of sp³-hybridized carbons (Fsp3) is 0.500. The van der Waals surface area contributed by atoms with Gasteiger partial charge >= 0.3 is 6.09 Å². The lowest BCUT2D eigenvalue weighted by Gasteiger charge is -2.40. The highest BCUT2D eigenvalue weighted by Crippen LogP contribution is 2.27. The molecule has 0 saturated carbocycles. The Labute approximate surface area is 213 Å². The number of carbonyl (C=O) groups is 1. The molecule has 1 amide bonds. The van der Waals surface area contributed by atoms with Gasteiger partial charge in [0.2, 0.25) is 5.79 Å². The van der Waals surface area contributed by atoms with Gasteiger partial charge in [0.05, 0.1) is 12.4 Å². The number of rotatable bonds is 12. The summed E-state index contributed by atoms with van der Waals surface area (Å²) >= 11 is 0. The molecule has 10 heteroatoms. The van der Waals surface area contributed by atoms with E-state index in [1.165, 1.54) is 5.56 Å². The third-order valence-electron chi connectivity index (χ3n) is 5.68. The van der Waals surface area contributed by atoms with Crippen LogP contribution in [0.5, 0.6) is 0 Å². The SMILES string of the molecule is CC(C)(C)CS(=O)(=O)C(N)C(O)(O)C(Cc1ccccc1)N(N)C(=O)OCCCCc1ccccc1. The maximum atomic E-state index is 12.9. The first-order chi connectivity index (χ1) is 16.7. The van der Waals surface area contributed by atoms with Crippen LogP contribution in [-0.2, 0) is 27.4 Å². The summed E-state index contributed by atoms with van der Waals surface area (Å²) in [5, 5.41) is 20.4. The van der Waals surface area contributed by atoms with Crippen LogP contribution in [0.2, 0.25) is 0 Å². The predicted octanol–water partition coefficient (Wildman–Crippen LogP) is 2.36. The molecule has 0 radical (unpaired) electrons. The average molecular weight is 522 g/mol. The number of carbonyl (C=O) groups excluding carboxylic acids is 1. The molecule has 0 aliphatic rings. The number of aryl methyl sites for hydroxylation is 1. The van der Waals surface area contributed by atoms with Crippen LogP contribution in [0, 0.1) is 5.41 Å². The highest BCUT2D eigenvalue weighted by atomic mass is 32.2. The molecule has 0 bridgehead atoms. The lowest BCUT2D eigenvalue weighted by molar-refractivity contribution is -0.203. The minimum atomic E-state index is -4.18. The normalized spacial score (nSPS) is 14.2. The summed E-state index contributed by atoms with van der Waals surface area (Å²) in [6, 6.07) is 16.9. The van der Waals surface area contributed by atoms with E-state index >= 15 is 0 Å². The number of aliphatic hydroxyl groups is 2. The fourth-order valence-corrected chi connectivity index (χ4v) is 5.95. The molecule has 2 atom stereocenters. The first-order valence-corrected chi connectivity index (χ1v) is 13.7. The topological polar surface area (TPSA) is 156 Å². The Morgan fingerprint density at radius 1 is 0.972 bits per heavy atom. The Morgan fingerprint density at radius 3 is 2.03 bits per heavy atom. The molecule has 200 valence electrons. The van der Waals surface area contributed by atoms with E-state index in [4.69, 9.17) is 16.3 Å². The van der Waals surface area contributed by atoms with Crippen LogP contribution in [-0.4, -0.2) is 59.3 Å². The van der Waals surface area contributed by atoms with Gasteiger partial charge in [-0.2, -0.15) is 0 Å². The second kappa shape index (κ2) is 12.6. The molecular formula is C26H39N3O6S. The Balaban J connectivity index is 2.13. The van der Waals surface area contributed by atoms with Gasteiger partial charge in [0.25, 0.3) is 0 Å². The number of nitrogens with zero attached hydrogens (tertiary/aromatic N) is 1. The number of benzene rings is 2. The van der Waals surface area contributed by atoms with E-state index in [0.29, 0.717) is 17.0 Å². The summed E-state index contributed by atoms with van der Waals surface area (Å²) < 4.78 is 31.0. The fourth-order valence-electron chi connectivity index (χ4n) is 3.87. The number of nitrogens with two attached hydrogens (primary N) is 2. The van der Waals surface area contributed by atoms with Crippen molar-refractivity contribution in [3.8, 4) is 0 Å². The van der Waals surface area contributed by atoms with Gasteiger partial charge in [0.1, 0.15) is 6.04 Å². The van der Waals surface area contributed by atoms with Crippen LogP contribution in [0.3, 0.4) is 0 Å². The van der Waals surface area contributed by atoms with E-state index in [-0.39, 0.29) is 13.0 Å². The van der Waals surface area contributed by atoms with Crippen LogP contribution in [0.4, 0.5) is 4.79 Å². The monoisotopic (exact) mass is 521 g/mol. The van der Waals surface area contributed by atoms with Crippen molar-refractivity contribution in [3.63, 3.8) is 0 Å². The molecule has 0 fully saturated rings. The van der Waals surface area contributed by atoms with E-state index in [1.807, 2.05) is 30.3 Å². The maximum absolute atomic E-state index is 12.9. The number of sulfone groups is 1. The molecule has 2 aromatic rings. The minimum Gasteiger partial charge on any atom is -0.448 e. The van der Waals surface area contributed by atoms with E-state index < -0.39 is 44.3 Å². The smallest absolute Gasteiger partial charge is 0.424 e. The zero-order valence-corrected chi connectivity index (χ0v) is 22.0. The molecule has 0 spiro atoms. The third-order valence-corrected chi connectivity index (χ3v) is 8.07. The molecule has 6 N–H and O–H groups in total. The van der Waals surface area contributed by atoms with Crippen molar-refractivity contribution < 1.29 is 28.2 Å². The number of ether oxygens (including phenoxy) is 1. The van der Waals surface area contributed by atoms with Crippen LogP contribution in [0.1, 0.15) is 44.7 Å². The molecule has 2 aromatic carbocycles. The van der Waals surface area contributed by atoms with Gasteiger partial charge in [-0.15, -0.1) is 0 Å². The molecule has 2 unspecified atom stereocenters. The van der Waals surface area contributed by atoms with Crippen molar-refractivity contribution in [2.24, 2.45) is 17.0 Å². The number of hydrogen-bond donors (Lipinski definition) is 4. The van der Waals surface area contributed by atoms with Crippen molar-refractivity contribution in [2.45, 2.75) is 63.7 Å². The molecule has 0 saturated heterocycles. The second-order valence-electron chi connectivity index (χ2n) is 10.2. The predicted molar refractivity (Wildman–Crippen MR) is 139 cm³/mol. The zero-order valence-electron chi connectivity index (χ0n) is 21.2. The largest absolute Gasteiger partial charge is 0.448 e. The van der Waals surface area contributed by atoms with Crippen LogP contribution in [0.25, 0.3) is 0 Å². The standard InChI is InChI=1S/C26H39N3O6S/c1-25(2,3)19-36(33,34)23(27)26(31,32)22(18-21-15-8-5-9-16-21)29(28)24(30)35-17-11-10-14-20-12-6-4-7-13-20/h4-9,12-13,15-16,22-23,31-32H,10-11,14,17-19,27-28H2,1-3H3. The maximum Gasteiger partial charge on any atom is 0.424 e. The van der Waals surface area contributed by atoms with Crippen molar-refractivity contribution >= 4 is 15.9 Å². The summed E-state index contributed by atoms with van der Waals surface area (Å²) in [6.45, 7) is 5.15. The number of hydrazine groups is 1. The van der Waals surface area contributed by atoms with Gasteiger partial charge in [-0.3, -0.25) is 0 Å². The van der Waals surface area contributed by atoms with Crippen LogP contribution in [0.15, 0.2) is 60.7 Å². The summed E-state index contributed by atoms with van der Waals surface area (Å²) in [4.78, 5) is 12.7. The molecule has 0 aliphatic heterocycles. The molecule has 0 heterocycles. The highest BCUT2D eigenvalue weighted by Gasteiger charge is 2.51. The number of hydrogen-bond acceptors (Lipinski definition) is 8. The van der Waals surface area contributed by atoms with Crippen LogP contribution < -0.4 is 11.6 Å². The molecule has 2 rings (SSSR count). The molecule has 9 nitrogen and oxygen atoms in total. The van der Waals surface area contributed by atoms with E-state index in [0.717, 1.165) is 12.8 Å². The second-order valence-corrected chi connectivity index (χ2v) is 12.4. The van der Waals surface area contributed by atoms with Crippen molar-refractivity contribution in [3.05, 3.63) is 71.8 Å². The summed E-state index contributed by atoms with van der Waals surface area (Å²) in [5.74, 6) is 2.55. The van der Waals surface area contributed by atoms with Gasteiger partial charge in [0.15, 0.2) is 15.2 Å². The van der Waals surface area contributed by atoms with Gasteiger partial charge in [-0.05, 0) is 42.2 Å². The Kier molecular flexibility index (Phi) is 10.4.